The molecule has 11 rings (SSSR count). The van der Waals surface area contributed by atoms with Gasteiger partial charge in [-0.1, -0.05) is 146 Å². The van der Waals surface area contributed by atoms with Crippen LogP contribution in [0.25, 0.3) is 77.1 Å². The Morgan fingerprint density at radius 2 is 1.24 bits per heavy atom. The first-order valence-electron chi connectivity index (χ1n) is 20.0. The molecule has 1 atom stereocenters. The van der Waals surface area contributed by atoms with E-state index in [-0.39, 0.29) is 0 Å². The Morgan fingerprint density at radius 1 is 0.483 bits per heavy atom. The van der Waals surface area contributed by atoms with Gasteiger partial charge < -0.3 is 9.32 Å². The molecule has 9 aromatic carbocycles. The zero-order chi connectivity index (χ0) is 38.4. The first kappa shape index (κ1) is 33.8. The fourth-order valence-corrected chi connectivity index (χ4v) is 8.65. The number of aromatic nitrogens is 1. The van der Waals surface area contributed by atoms with Gasteiger partial charge in [0, 0.05) is 33.6 Å². The van der Waals surface area contributed by atoms with E-state index >= 15 is 0 Å². The Morgan fingerprint density at radius 3 is 2.10 bits per heavy atom. The maximum Gasteiger partial charge on any atom is 0.227 e. The highest BCUT2D eigenvalue weighted by Gasteiger charge is 2.20. The summed E-state index contributed by atoms with van der Waals surface area (Å²) >= 11 is 0. The van der Waals surface area contributed by atoms with Gasteiger partial charge >= 0.3 is 0 Å². The van der Waals surface area contributed by atoms with Crippen molar-refractivity contribution in [2.75, 3.05) is 4.90 Å². The van der Waals surface area contributed by atoms with Gasteiger partial charge in [0.15, 0.2) is 5.58 Å². The van der Waals surface area contributed by atoms with Gasteiger partial charge in [-0.25, -0.2) is 4.98 Å². The number of hydrogen-bond donors (Lipinski definition) is 0. The van der Waals surface area contributed by atoms with Crippen molar-refractivity contribution in [3.8, 4) is 33.7 Å². The molecular weight excluding hydrogens is 705 g/mol. The summed E-state index contributed by atoms with van der Waals surface area (Å²) in [4.78, 5) is 7.38. The molecule has 0 bridgehead atoms. The molecule has 0 aliphatic heterocycles. The van der Waals surface area contributed by atoms with Gasteiger partial charge in [0.2, 0.25) is 5.89 Å². The molecule has 0 saturated heterocycles. The highest BCUT2D eigenvalue weighted by atomic mass is 16.3. The molecule has 0 radical (unpaired) electrons. The van der Waals surface area contributed by atoms with Gasteiger partial charge in [-0.05, 0) is 123 Å². The first-order chi connectivity index (χ1) is 28.7. The number of oxazole rings is 1. The van der Waals surface area contributed by atoms with E-state index < -0.39 is 0 Å². The number of fused-ring (bicyclic) bond motifs is 5. The Kier molecular flexibility index (Phi) is 8.29. The second-order valence-corrected chi connectivity index (χ2v) is 15.1. The van der Waals surface area contributed by atoms with Gasteiger partial charge in [0.25, 0.3) is 0 Å². The molecule has 1 aliphatic rings. The standard InChI is InChI=1S/C55H38N2O/c1-3-13-37(14-4-1)42-20-11-21-47(35-42)57(46-29-27-40(28-30-46)51-36-45(38-15-5-2-6-16-38)34-43-19-9-10-22-48(43)51)53-24-12-23-50-49(53)31-32-52-54(50)58-55(56-52)44-26-25-39-17-7-8-18-41(39)33-44/h1-13,15-37H,14H2. The molecule has 0 spiro atoms. The molecule has 1 unspecified atom stereocenters. The third-order valence-electron chi connectivity index (χ3n) is 11.6. The van der Waals surface area contributed by atoms with Crippen molar-refractivity contribution < 1.29 is 4.42 Å². The zero-order valence-electron chi connectivity index (χ0n) is 31.8. The van der Waals surface area contributed by atoms with Crippen molar-refractivity contribution in [3.63, 3.8) is 0 Å². The van der Waals surface area contributed by atoms with Crippen LogP contribution in [-0.4, -0.2) is 4.98 Å². The molecule has 10 aromatic rings. The molecule has 0 amide bonds. The number of rotatable bonds is 7. The van der Waals surface area contributed by atoms with Crippen molar-refractivity contribution in [2.24, 2.45) is 0 Å². The van der Waals surface area contributed by atoms with Crippen LogP contribution in [0.5, 0.6) is 0 Å². The molecule has 0 N–H and O–H groups in total. The van der Waals surface area contributed by atoms with Gasteiger partial charge in [0.1, 0.15) is 5.52 Å². The lowest BCUT2D eigenvalue weighted by molar-refractivity contribution is 0.623. The summed E-state index contributed by atoms with van der Waals surface area (Å²) in [5, 5.41) is 6.94. The van der Waals surface area contributed by atoms with Crippen molar-refractivity contribution >= 4 is 60.5 Å². The minimum absolute atomic E-state index is 0.328. The Labute approximate surface area is 337 Å². The zero-order valence-corrected chi connectivity index (χ0v) is 31.8. The van der Waals surface area contributed by atoms with E-state index in [1.807, 2.05) is 0 Å². The molecule has 58 heavy (non-hydrogen) atoms. The van der Waals surface area contributed by atoms with Crippen LogP contribution < -0.4 is 4.90 Å². The predicted octanol–water partition coefficient (Wildman–Crippen LogP) is 15.4. The number of allylic oxidation sites excluding steroid dienone is 4. The maximum absolute atomic E-state index is 6.66. The van der Waals surface area contributed by atoms with E-state index in [0.717, 1.165) is 56.3 Å². The van der Waals surface area contributed by atoms with Crippen LogP contribution in [0.4, 0.5) is 17.1 Å². The smallest absolute Gasteiger partial charge is 0.227 e. The van der Waals surface area contributed by atoms with Crippen LogP contribution >= 0.6 is 0 Å². The second-order valence-electron chi connectivity index (χ2n) is 15.1. The van der Waals surface area contributed by atoms with Crippen LogP contribution in [0.1, 0.15) is 17.9 Å². The summed E-state index contributed by atoms with van der Waals surface area (Å²) in [6, 6.07) is 67.6. The largest absolute Gasteiger partial charge is 0.435 e. The lowest BCUT2D eigenvalue weighted by Crippen LogP contribution is -2.11. The SMILES string of the molecule is C1=CCC(c2cccc(N(c3ccc(-c4cc(-c5ccccc5)cc5ccccc45)cc3)c3cccc4c3ccc3nc(-c5ccc6ccccc6c5)oc34)c2)C=C1. The van der Waals surface area contributed by atoms with E-state index in [4.69, 9.17) is 9.40 Å². The van der Waals surface area contributed by atoms with E-state index in [9.17, 15) is 0 Å². The average Bonchev–Trinajstić information content (AvgIpc) is 3.75. The third kappa shape index (κ3) is 6.05. The minimum atomic E-state index is 0.328. The van der Waals surface area contributed by atoms with E-state index in [1.165, 1.54) is 44.0 Å². The molecular formula is C55H38N2O. The topological polar surface area (TPSA) is 29.3 Å². The molecule has 274 valence electrons. The Bertz CT molecular complexity index is 3210. The fraction of sp³-hybridized carbons (Fsp3) is 0.0364. The summed E-state index contributed by atoms with van der Waals surface area (Å²) in [6.07, 6.45) is 9.84. The fourth-order valence-electron chi connectivity index (χ4n) is 8.65. The molecule has 1 aromatic heterocycles. The van der Waals surface area contributed by atoms with E-state index in [1.54, 1.807) is 0 Å². The van der Waals surface area contributed by atoms with Crippen molar-refractivity contribution in [1.29, 1.82) is 0 Å². The molecule has 1 heterocycles. The predicted molar refractivity (Wildman–Crippen MR) is 243 cm³/mol. The minimum Gasteiger partial charge on any atom is -0.435 e. The first-order valence-corrected chi connectivity index (χ1v) is 20.0. The maximum atomic E-state index is 6.66. The van der Waals surface area contributed by atoms with Crippen molar-refractivity contribution in [1.82, 2.24) is 4.98 Å². The summed E-state index contributed by atoms with van der Waals surface area (Å²) in [5.41, 5.74) is 11.9. The monoisotopic (exact) mass is 742 g/mol. The Balaban J connectivity index is 1.05. The third-order valence-corrected chi connectivity index (χ3v) is 11.6. The van der Waals surface area contributed by atoms with Crippen LogP contribution in [0.2, 0.25) is 0 Å². The van der Waals surface area contributed by atoms with Crippen molar-refractivity contribution in [2.45, 2.75) is 12.3 Å². The van der Waals surface area contributed by atoms with Gasteiger partial charge in [-0.15, -0.1) is 0 Å². The van der Waals surface area contributed by atoms with Crippen molar-refractivity contribution in [3.05, 3.63) is 218 Å². The number of benzene rings is 9. The normalized spacial score (nSPS) is 13.8. The van der Waals surface area contributed by atoms with Crippen LogP contribution in [0.15, 0.2) is 217 Å². The summed E-state index contributed by atoms with van der Waals surface area (Å²) in [5.74, 6) is 0.950. The number of nitrogens with zero attached hydrogens (tertiary/aromatic N) is 2. The highest BCUT2D eigenvalue weighted by Crippen LogP contribution is 2.43. The van der Waals surface area contributed by atoms with Crippen LogP contribution in [0, 0.1) is 0 Å². The Hall–Kier alpha value is -7.49. The quantitative estimate of drug-likeness (QED) is 0.163. The van der Waals surface area contributed by atoms with Gasteiger partial charge in [0.05, 0.1) is 5.69 Å². The molecule has 0 fully saturated rings. The van der Waals surface area contributed by atoms with Crippen LogP contribution in [0.3, 0.4) is 0 Å². The summed E-state index contributed by atoms with van der Waals surface area (Å²) < 4.78 is 6.66. The van der Waals surface area contributed by atoms with Gasteiger partial charge in [-0.2, -0.15) is 0 Å². The number of anilines is 3. The summed E-state index contributed by atoms with van der Waals surface area (Å²) in [6.45, 7) is 0. The summed E-state index contributed by atoms with van der Waals surface area (Å²) in [7, 11) is 0. The molecule has 0 saturated carbocycles. The number of hydrogen-bond acceptors (Lipinski definition) is 3. The molecule has 3 nitrogen and oxygen atoms in total. The van der Waals surface area contributed by atoms with Crippen LogP contribution in [-0.2, 0) is 0 Å². The lowest BCUT2D eigenvalue weighted by atomic mass is 9.92. The van der Waals surface area contributed by atoms with E-state index in [2.05, 4.69) is 217 Å². The molecule has 3 heteroatoms. The lowest BCUT2D eigenvalue weighted by Gasteiger charge is -2.28. The molecule has 1 aliphatic carbocycles. The van der Waals surface area contributed by atoms with Gasteiger partial charge in [-0.3, -0.25) is 0 Å². The van der Waals surface area contributed by atoms with E-state index in [0.29, 0.717) is 11.8 Å². The average molecular weight is 743 g/mol. The second kappa shape index (κ2) is 14.2. The highest BCUT2D eigenvalue weighted by molar-refractivity contribution is 6.10.